The number of fused-ring (bicyclic) bond motifs is 1. The number of nitrogens with one attached hydrogen (secondary N) is 1. The summed E-state index contributed by atoms with van der Waals surface area (Å²) in [6.07, 6.45) is 0. The standard InChI is InChI=1S/C21H28BrN5O4/c1-13-18(19-16(30-5)11-15(22)12-17(19)31-6)20-23-14(2)24-21(27(20)25-13)26(7-9-28-3)8-10-29-4/h11-12H,7-10H2,1-6H3/p+1. The molecule has 3 aromatic rings. The molecular weight excluding hydrogens is 466 g/mol. The fourth-order valence-electron chi connectivity index (χ4n) is 3.53. The third-order valence-corrected chi connectivity index (χ3v) is 5.41. The molecule has 9 nitrogen and oxygen atoms in total. The molecule has 0 bridgehead atoms. The quantitative estimate of drug-likeness (QED) is 0.433. The number of nitrogens with zero attached hydrogens (tertiary/aromatic N) is 4. The fourth-order valence-corrected chi connectivity index (χ4v) is 3.95. The van der Waals surface area contributed by atoms with E-state index in [4.69, 9.17) is 28.9 Å². The SMILES string of the molecule is COCCN(CCOC)c1nc(C)nc2c(-c3c(OC)cc(Br)cc3OC)c(C)[nH][n+]12. The maximum absolute atomic E-state index is 5.69. The molecule has 3 rings (SSSR count). The van der Waals surface area contributed by atoms with E-state index in [0.29, 0.717) is 43.6 Å². The average Bonchev–Trinajstić information content (AvgIpc) is 3.08. The van der Waals surface area contributed by atoms with Gasteiger partial charge in [-0.05, 0) is 19.1 Å². The van der Waals surface area contributed by atoms with Crippen molar-refractivity contribution < 1.29 is 23.5 Å². The van der Waals surface area contributed by atoms with Gasteiger partial charge >= 0.3 is 5.95 Å². The third kappa shape index (κ3) is 4.76. The van der Waals surface area contributed by atoms with E-state index in [1.54, 1.807) is 28.4 Å². The van der Waals surface area contributed by atoms with E-state index in [-0.39, 0.29) is 0 Å². The summed E-state index contributed by atoms with van der Waals surface area (Å²) in [4.78, 5) is 11.6. The zero-order valence-corrected chi connectivity index (χ0v) is 20.4. The molecule has 0 saturated heterocycles. The maximum Gasteiger partial charge on any atom is 0.374 e. The summed E-state index contributed by atoms with van der Waals surface area (Å²) < 4.78 is 24.7. The number of methoxy groups -OCH3 is 4. The smallest absolute Gasteiger partial charge is 0.374 e. The van der Waals surface area contributed by atoms with Crippen molar-refractivity contribution in [2.75, 3.05) is 59.6 Å². The van der Waals surface area contributed by atoms with Crippen molar-refractivity contribution >= 4 is 27.5 Å². The van der Waals surface area contributed by atoms with Crippen LogP contribution in [0.15, 0.2) is 16.6 Å². The molecule has 31 heavy (non-hydrogen) atoms. The summed E-state index contributed by atoms with van der Waals surface area (Å²) in [5, 5.41) is 3.42. The van der Waals surface area contributed by atoms with Gasteiger partial charge in [-0.3, -0.25) is 10.00 Å². The van der Waals surface area contributed by atoms with Gasteiger partial charge in [0.05, 0.1) is 57.3 Å². The summed E-state index contributed by atoms with van der Waals surface area (Å²) in [6, 6.07) is 3.83. The zero-order chi connectivity index (χ0) is 22.5. The molecule has 2 aromatic heterocycles. The molecule has 0 saturated carbocycles. The molecule has 168 valence electrons. The molecule has 0 fully saturated rings. The summed E-state index contributed by atoms with van der Waals surface area (Å²) in [5.74, 6) is 2.76. The summed E-state index contributed by atoms with van der Waals surface area (Å²) >= 11 is 3.52. The number of hydrogen-bond donors (Lipinski definition) is 1. The van der Waals surface area contributed by atoms with E-state index in [1.807, 2.05) is 30.5 Å². The van der Waals surface area contributed by atoms with E-state index in [1.165, 1.54) is 0 Å². The molecule has 10 heteroatoms. The molecule has 2 heterocycles. The molecule has 0 radical (unpaired) electrons. The van der Waals surface area contributed by atoms with E-state index in [9.17, 15) is 0 Å². The number of benzene rings is 1. The van der Waals surface area contributed by atoms with Gasteiger partial charge in [0.25, 0.3) is 5.65 Å². The minimum absolute atomic E-state index is 0.565. The van der Waals surface area contributed by atoms with Crippen LogP contribution in [0.4, 0.5) is 5.95 Å². The van der Waals surface area contributed by atoms with Crippen LogP contribution < -0.4 is 18.9 Å². The minimum atomic E-state index is 0.565. The second-order valence-electron chi connectivity index (χ2n) is 7.00. The Kier molecular flexibility index (Phi) is 7.69. The highest BCUT2D eigenvalue weighted by molar-refractivity contribution is 9.10. The second-order valence-corrected chi connectivity index (χ2v) is 7.92. The lowest BCUT2D eigenvalue weighted by molar-refractivity contribution is -0.569. The van der Waals surface area contributed by atoms with Crippen molar-refractivity contribution in [3.05, 3.63) is 28.1 Å². The number of aryl methyl sites for hydroxylation is 2. The van der Waals surface area contributed by atoms with E-state index < -0.39 is 0 Å². The number of ether oxygens (including phenoxy) is 4. The lowest BCUT2D eigenvalue weighted by Crippen LogP contribution is -2.42. The first kappa shape index (κ1) is 23.2. The fraction of sp³-hybridized carbons (Fsp3) is 0.476. The van der Waals surface area contributed by atoms with Gasteiger partial charge in [-0.15, -0.1) is 9.50 Å². The van der Waals surface area contributed by atoms with Crippen molar-refractivity contribution in [2.45, 2.75) is 13.8 Å². The average molecular weight is 495 g/mol. The first-order valence-electron chi connectivity index (χ1n) is 9.88. The normalized spacial score (nSPS) is 11.2. The van der Waals surface area contributed by atoms with Gasteiger partial charge in [0, 0.05) is 25.6 Å². The third-order valence-electron chi connectivity index (χ3n) is 4.95. The van der Waals surface area contributed by atoms with Crippen molar-refractivity contribution in [3.63, 3.8) is 0 Å². The predicted octanol–water partition coefficient (Wildman–Crippen LogP) is 2.71. The van der Waals surface area contributed by atoms with Crippen LogP contribution in [0.5, 0.6) is 11.5 Å². The lowest BCUT2D eigenvalue weighted by Gasteiger charge is -2.17. The Morgan fingerprint density at radius 2 is 1.52 bits per heavy atom. The van der Waals surface area contributed by atoms with E-state index in [2.05, 4.69) is 25.9 Å². The van der Waals surface area contributed by atoms with Crippen LogP contribution >= 0.6 is 15.9 Å². The van der Waals surface area contributed by atoms with Crippen LogP contribution in [-0.4, -0.2) is 69.8 Å². The molecule has 0 amide bonds. The monoisotopic (exact) mass is 494 g/mol. The molecule has 0 aliphatic carbocycles. The highest BCUT2D eigenvalue weighted by atomic mass is 79.9. The van der Waals surface area contributed by atoms with Gasteiger partial charge in [0.2, 0.25) is 5.82 Å². The van der Waals surface area contributed by atoms with Crippen molar-refractivity contribution in [3.8, 4) is 22.6 Å². The van der Waals surface area contributed by atoms with Gasteiger partial charge in [-0.1, -0.05) is 20.9 Å². The van der Waals surface area contributed by atoms with Gasteiger partial charge in [-0.2, -0.15) is 0 Å². The van der Waals surface area contributed by atoms with E-state index in [0.717, 1.165) is 32.9 Å². The number of aromatic nitrogens is 4. The Hall–Kier alpha value is -2.43. The first-order valence-corrected chi connectivity index (χ1v) is 10.7. The highest BCUT2D eigenvalue weighted by Crippen LogP contribution is 2.43. The van der Waals surface area contributed by atoms with Gasteiger partial charge in [0.15, 0.2) is 0 Å². The molecule has 0 unspecified atom stereocenters. The van der Waals surface area contributed by atoms with Crippen LogP contribution in [0.2, 0.25) is 0 Å². The van der Waals surface area contributed by atoms with Gasteiger partial charge in [0.1, 0.15) is 11.5 Å². The Morgan fingerprint density at radius 3 is 2.03 bits per heavy atom. The molecule has 1 aromatic carbocycles. The largest absolute Gasteiger partial charge is 0.496 e. The van der Waals surface area contributed by atoms with Gasteiger partial charge in [-0.25, -0.2) is 0 Å². The zero-order valence-electron chi connectivity index (χ0n) is 18.8. The molecule has 0 aliphatic rings. The second kappa shape index (κ2) is 10.3. The topological polar surface area (TPSA) is 85.8 Å². The Bertz CT molecular complexity index is 1020. The van der Waals surface area contributed by atoms with Crippen LogP contribution in [0, 0.1) is 13.8 Å². The number of rotatable bonds is 10. The van der Waals surface area contributed by atoms with Crippen LogP contribution in [0.3, 0.4) is 0 Å². The number of anilines is 1. The first-order chi connectivity index (χ1) is 14.9. The molecule has 0 spiro atoms. The highest BCUT2D eigenvalue weighted by Gasteiger charge is 2.29. The Morgan fingerprint density at radius 1 is 0.935 bits per heavy atom. The summed E-state index contributed by atoms with van der Waals surface area (Å²) in [7, 11) is 6.66. The van der Waals surface area contributed by atoms with Crippen LogP contribution in [0.25, 0.3) is 16.8 Å². The molecular formula is C21H29BrN5O4+. The predicted molar refractivity (Wildman–Crippen MR) is 121 cm³/mol. The Labute approximate surface area is 190 Å². The summed E-state index contributed by atoms with van der Waals surface area (Å²) in [6.45, 7) is 6.34. The van der Waals surface area contributed by atoms with Crippen LogP contribution in [-0.2, 0) is 9.47 Å². The maximum atomic E-state index is 5.69. The molecule has 0 atom stereocenters. The van der Waals surface area contributed by atoms with Crippen molar-refractivity contribution in [1.29, 1.82) is 0 Å². The number of halogens is 1. The molecule has 1 N–H and O–H groups in total. The van der Waals surface area contributed by atoms with Crippen LogP contribution in [0.1, 0.15) is 11.5 Å². The lowest BCUT2D eigenvalue weighted by atomic mass is 10.0. The number of H-pyrrole nitrogens is 1. The molecule has 0 aliphatic heterocycles. The van der Waals surface area contributed by atoms with Gasteiger partial charge < -0.3 is 18.9 Å². The van der Waals surface area contributed by atoms with Crippen molar-refractivity contribution in [2.24, 2.45) is 0 Å². The minimum Gasteiger partial charge on any atom is -0.496 e. The number of aromatic amines is 1. The van der Waals surface area contributed by atoms with Crippen molar-refractivity contribution in [1.82, 2.24) is 15.1 Å². The Balaban J connectivity index is 2.27. The van der Waals surface area contributed by atoms with E-state index >= 15 is 0 Å². The number of hydrogen-bond acceptors (Lipinski definition) is 7. The summed E-state index contributed by atoms with van der Waals surface area (Å²) in [5.41, 5.74) is 3.37.